The molecule has 4 nitrogen and oxygen atoms in total. The Hall–Kier alpha value is -2.62. The van der Waals surface area contributed by atoms with E-state index in [0.29, 0.717) is 4.90 Å². The molecule has 0 spiro atoms. The first-order valence-electron chi connectivity index (χ1n) is 11.9. The second-order valence-electron chi connectivity index (χ2n) is 5.18. The molecule has 0 N–H and O–H groups in total. The molecule has 0 aliphatic carbocycles. The Labute approximate surface area is 150 Å². The Balaban J connectivity index is 2.45. The molecule has 0 unspecified atom stereocenters. The summed E-state index contributed by atoms with van der Waals surface area (Å²) >= 11 is 0. The fourth-order valence-corrected chi connectivity index (χ4v) is 2.12. The van der Waals surface area contributed by atoms with Gasteiger partial charge in [-0.25, -0.2) is 4.98 Å². The zero-order chi connectivity index (χ0) is 25.2. The monoisotopic (exact) mass is 317 g/mol. The van der Waals surface area contributed by atoms with Crippen molar-refractivity contribution in [3.8, 4) is 11.3 Å². The van der Waals surface area contributed by atoms with E-state index in [1.807, 2.05) is 0 Å². The van der Waals surface area contributed by atoms with Crippen LogP contribution >= 0.6 is 0 Å². The molecule has 0 atom stereocenters. The van der Waals surface area contributed by atoms with Gasteiger partial charge in [0.05, 0.1) is 27.4 Å². The molecule has 0 saturated heterocycles. The minimum Gasteiger partial charge on any atom is -0.348 e. The first kappa shape index (κ1) is 7.30. The van der Waals surface area contributed by atoms with Crippen molar-refractivity contribution in [2.45, 2.75) is 20.3 Å². The number of imidazole rings is 1. The molecule has 1 amide bonds. The summed E-state index contributed by atoms with van der Waals surface area (Å²) in [6.07, 6.45) is -0.854. The van der Waals surface area contributed by atoms with Gasteiger partial charge in [0.1, 0.15) is 5.65 Å². The van der Waals surface area contributed by atoms with Gasteiger partial charge >= 0.3 is 0 Å². The third-order valence-electron chi connectivity index (χ3n) is 3.29. The van der Waals surface area contributed by atoms with Crippen LogP contribution in [0.15, 0.2) is 42.4 Å². The molecular formula is C19H21N3O. The third-order valence-corrected chi connectivity index (χ3v) is 3.29. The lowest BCUT2D eigenvalue weighted by Gasteiger charge is -2.11. The Morgan fingerprint density at radius 1 is 1.22 bits per heavy atom. The molecule has 0 bridgehead atoms. The molecule has 2 heterocycles. The molecule has 4 heteroatoms. The predicted molar refractivity (Wildman–Crippen MR) is 92.5 cm³/mol. The molecule has 0 fully saturated rings. The molecule has 118 valence electrons. The average Bonchev–Trinajstić information content (AvgIpc) is 3.11. The smallest absolute Gasteiger partial charge is 0.228 e. The number of rotatable bonds is 3. The van der Waals surface area contributed by atoms with E-state index in [1.165, 1.54) is 13.8 Å². The summed E-state index contributed by atoms with van der Waals surface area (Å²) in [5.41, 5.74) is -0.408. The van der Waals surface area contributed by atoms with E-state index >= 15 is 0 Å². The number of pyridine rings is 1. The molecule has 2 aromatic heterocycles. The largest absolute Gasteiger partial charge is 0.348 e. The van der Waals surface area contributed by atoms with E-state index < -0.39 is 31.4 Å². The zero-order valence-corrected chi connectivity index (χ0v) is 13.0. The Morgan fingerprint density at radius 2 is 1.91 bits per heavy atom. The van der Waals surface area contributed by atoms with Gasteiger partial charge in [-0.1, -0.05) is 35.8 Å². The second kappa shape index (κ2) is 5.88. The van der Waals surface area contributed by atoms with Gasteiger partial charge in [-0.2, -0.15) is 0 Å². The first-order valence-corrected chi connectivity index (χ1v) is 6.92. The zero-order valence-electron chi connectivity index (χ0n) is 23.0. The summed E-state index contributed by atoms with van der Waals surface area (Å²) in [6.45, 7) is 0.146. The van der Waals surface area contributed by atoms with E-state index in [-0.39, 0.29) is 64.1 Å². The Bertz CT molecular complexity index is 1280. The maximum absolute atomic E-state index is 12.8. The van der Waals surface area contributed by atoms with Gasteiger partial charge in [0.15, 0.2) is 0 Å². The number of benzene rings is 1. The van der Waals surface area contributed by atoms with Gasteiger partial charge in [0.2, 0.25) is 5.91 Å². The molecule has 0 aliphatic heterocycles. The highest BCUT2D eigenvalue weighted by Crippen LogP contribution is 2.26. The standard InChI is InChI=1S/C19H21N3O/c1-13-5-8-15(9-6-13)19-16(11-18(23)21(3)4)22-12-14(2)7-10-17(22)20-19/h5-10,12H,11H2,1-4H3/i3D3,5D,6D,7D,8D,9D,10D,12D. The van der Waals surface area contributed by atoms with Crippen molar-refractivity contribution in [2.24, 2.45) is 0 Å². The average molecular weight is 317 g/mol. The maximum atomic E-state index is 12.8. The van der Waals surface area contributed by atoms with Gasteiger partial charge < -0.3 is 9.30 Å². The van der Waals surface area contributed by atoms with Crippen molar-refractivity contribution in [1.82, 2.24) is 14.3 Å². The highest BCUT2D eigenvalue weighted by atomic mass is 16.2. The van der Waals surface area contributed by atoms with Crippen LogP contribution in [-0.2, 0) is 11.2 Å². The topological polar surface area (TPSA) is 37.6 Å². The second-order valence-corrected chi connectivity index (χ2v) is 5.18. The van der Waals surface area contributed by atoms with E-state index in [0.717, 1.165) is 11.4 Å². The van der Waals surface area contributed by atoms with Gasteiger partial charge in [-0.3, -0.25) is 4.79 Å². The molecule has 3 aromatic rings. The highest BCUT2D eigenvalue weighted by molar-refractivity contribution is 5.81. The highest BCUT2D eigenvalue weighted by Gasteiger charge is 2.18. The van der Waals surface area contributed by atoms with E-state index in [1.54, 1.807) is 0 Å². The molecule has 0 aliphatic rings. The Morgan fingerprint density at radius 3 is 2.61 bits per heavy atom. The maximum Gasteiger partial charge on any atom is 0.228 e. The van der Waals surface area contributed by atoms with Crippen LogP contribution in [-0.4, -0.2) is 34.2 Å². The molecule has 23 heavy (non-hydrogen) atoms. The first-order chi connectivity index (χ1) is 15.1. The fourth-order valence-electron chi connectivity index (χ4n) is 2.12. The summed E-state index contributed by atoms with van der Waals surface area (Å²) in [4.78, 5) is 17.6. The van der Waals surface area contributed by atoms with Crippen molar-refractivity contribution in [3.05, 3.63) is 59.2 Å². The third kappa shape index (κ3) is 2.97. The van der Waals surface area contributed by atoms with Crippen LogP contribution in [0.5, 0.6) is 0 Å². The van der Waals surface area contributed by atoms with Crippen LogP contribution in [0.3, 0.4) is 0 Å². The number of hydrogen-bond donors (Lipinski definition) is 0. The molecule has 0 saturated carbocycles. The van der Waals surface area contributed by atoms with E-state index in [9.17, 15) is 4.79 Å². The quantitative estimate of drug-likeness (QED) is 0.743. The number of aromatic nitrogens is 2. The van der Waals surface area contributed by atoms with Crippen LogP contribution in [0, 0.1) is 13.8 Å². The summed E-state index contributed by atoms with van der Waals surface area (Å²) in [5, 5.41) is 0. The lowest BCUT2D eigenvalue weighted by atomic mass is 10.1. The fraction of sp³-hybridized carbons (Fsp3) is 0.263. The Kier molecular flexibility index (Phi) is 1.87. The lowest BCUT2D eigenvalue weighted by molar-refractivity contribution is -0.128. The summed E-state index contributed by atoms with van der Waals surface area (Å²) in [6, 6.07) is -2.07. The van der Waals surface area contributed by atoms with E-state index in [4.69, 9.17) is 13.7 Å². The molecule has 3 rings (SSSR count). The summed E-state index contributed by atoms with van der Waals surface area (Å²) < 4.78 is 81.4. The minimum atomic E-state index is -2.74. The van der Waals surface area contributed by atoms with Crippen molar-refractivity contribution in [1.29, 1.82) is 0 Å². The number of nitrogens with zero attached hydrogens (tertiary/aromatic N) is 3. The number of fused-ring (bicyclic) bond motifs is 1. The van der Waals surface area contributed by atoms with Crippen molar-refractivity contribution >= 4 is 11.6 Å². The van der Waals surface area contributed by atoms with E-state index in [2.05, 4.69) is 4.98 Å². The number of carbonyl (C=O) groups is 1. The van der Waals surface area contributed by atoms with Gasteiger partial charge in [0, 0.05) is 29.9 Å². The lowest BCUT2D eigenvalue weighted by Crippen LogP contribution is -2.24. The van der Waals surface area contributed by atoms with Gasteiger partial charge in [-0.05, 0) is 25.5 Å². The van der Waals surface area contributed by atoms with Gasteiger partial charge in [-0.15, -0.1) is 0 Å². The minimum absolute atomic E-state index is 0.0580. The molecular weight excluding hydrogens is 286 g/mol. The van der Waals surface area contributed by atoms with Crippen LogP contribution in [0.25, 0.3) is 16.9 Å². The van der Waals surface area contributed by atoms with Crippen molar-refractivity contribution in [3.63, 3.8) is 0 Å². The van der Waals surface area contributed by atoms with Crippen molar-refractivity contribution < 1.29 is 18.5 Å². The molecule has 1 aromatic carbocycles. The van der Waals surface area contributed by atoms with Gasteiger partial charge in [0.25, 0.3) is 0 Å². The predicted octanol–water partition coefficient (Wildman–Crippen LogP) is 3.25. The normalized spacial score (nSPS) is 17.7. The van der Waals surface area contributed by atoms with Crippen LogP contribution < -0.4 is 0 Å². The number of amides is 1. The molecule has 0 radical (unpaired) electrons. The van der Waals surface area contributed by atoms with Crippen LogP contribution in [0.2, 0.25) is 0 Å². The summed E-state index contributed by atoms with van der Waals surface area (Å²) in [7, 11) is 1.09. The number of carbonyl (C=O) groups excluding carboxylic acids is 1. The van der Waals surface area contributed by atoms with Crippen molar-refractivity contribution in [2.75, 3.05) is 14.0 Å². The van der Waals surface area contributed by atoms with Crippen LogP contribution in [0.1, 0.15) is 30.5 Å². The SMILES string of the molecule is [2H]c1c([2H])c(-c2nc3c([2H])c([2H])c(C)c([2H])n3c2CC(=O)N(C)C([2H])([2H])[2H])c([2H])c([2H])c1C. The summed E-state index contributed by atoms with van der Waals surface area (Å²) in [5.74, 6) is -0.862. The number of hydrogen-bond acceptors (Lipinski definition) is 2. The van der Waals surface area contributed by atoms with Crippen LogP contribution in [0.4, 0.5) is 0 Å². The number of likely N-dealkylation sites (N-methyl/N-ethyl adjacent to an activating group) is 1.